The SMILES string of the molecule is COC(=O)c1ccc(NC(=O)c2cccc(-c3noc(C4CCC4)n3)c2)cc1. The molecule has 0 saturated heterocycles. The molecule has 28 heavy (non-hydrogen) atoms. The van der Waals surface area contributed by atoms with Crippen molar-refractivity contribution >= 4 is 17.6 Å². The normalized spacial score (nSPS) is 13.6. The Hall–Kier alpha value is -3.48. The van der Waals surface area contributed by atoms with Crippen LogP contribution >= 0.6 is 0 Å². The fourth-order valence-electron chi connectivity index (χ4n) is 2.98. The monoisotopic (exact) mass is 377 g/mol. The van der Waals surface area contributed by atoms with Crippen molar-refractivity contribution < 1.29 is 18.8 Å². The van der Waals surface area contributed by atoms with Gasteiger partial charge in [0.25, 0.3) is 5.91 Å². The maximum absolute atomic E-state index is 12.6. The zero-order chi connectivity index (χ0) is 19.5. The summed E-state index contributed by atoms with van der Waals surface area (Å²) in [5, 5.41) is 6.85. The fraction of sp³-hybridized carbons (Fsp3) is 0.238. The van der Waals surface area contributed by atoms with Gasteiger partial charge in [0.1, 0.15) is 0 Å². The maximum atomic E-state index is 12.6. The van der Waals surface area contributed by atoms with E-state index in [2.05, 4.69) is 20.2 Å². The number of nitrogens with zero attached hydrogens (tertiary/aromatic N) is 2. The van der Waals surface area contributed by atoms with Gasteiger partial charge in [-0.3, -0.25) is 4.79 Å². The number of rotatable bonds is 5. The zero-order valence-electron chi connectivity index (χ0n) is 15.3. The van der Waals surface area contributed by atoms with Crippen molar-refractivity contribution in [3.8, 4) is 11.4 Å². The molecule has 142 valence electrons. The summed E-state index contributed by atoms with van der Waals surface area (Å²) in [6, 6.07) is 13.6. The molecule has 1 amide bonds. The second-order valence-corrected chi connectivity index (χ2v) is 6.69. The van der Waals surface area contributed by atoms with Gasteiger partial charge in [-0.15, -0.1) is 0 Å². The Balaban J connectivity index is 1.48. The second-order valence-electron chi connectivity index (χ2n) is 6.69. The summed E-state index contributed by atoms with van der Waals surface area (Å²) in [7, 11) is 1.32. The van der Waals surface area contributed by atoms with Crippen LogP contribution < -0.4 is 5.32 Å². The number of hydrogen-bond acceptors (Lipinski definition) is 6. The van der Waals surface area contributed by atoms with Crippen molar-refractivity contribution in [1.29, 1.82) is 0 Å². The lowest BCUT2D eigenvalue weighted by molar-refractivity contribution is 0.0600. The molecule has 0 spiro atoms. The van der Waals surface area contributed by atoms with E-state index in [1.165, 1.54) is 13.5 Å². The number of benzene rings is 2. The Labute approximate surface area is 161 Å². The molecule has 0 bridgehead atoms. The number of methoxy groups -OCH3 is 1. The molecule has 0 atom stereocenters. The lowest BCUT2D eigenvalue weighted by Gasteiger charge is -2.20. The summed E-state index contributed by atoms with van der Waals surface area (Å²) in [5.74, 6) is 0.823. The van der Waals surface area contributed by atoms with Gasteiger partial charge in [0.15, 0.2) is 0 Å². The van der Waals surface area contributed by atoms with Crippen LogP contribution in [0, 0.1) is 0 Å². The molecular formula is C21H19N3O4. The molecule has 1 aliphatic rings. The average Bonchev–Trinajstić information content (AvgIpc) is 3.16. The first-order valence-corrected chi connectivity index (χ1v) is 9.08. The summed E-state index contributed by atoms with van der Waals surface area (Å²) in [4.78, 5) is 28.5. The average molecular weight is 377 g/mol. The van der Waals surface area contributed by atoms with Crippen LogP contribution in [0.2, 0.25) is 0 Å². The minimum Gasteiger partial charge on any atom is -0.465 e. The Kier molecular flexibility index (Phi) is 4.89. The molecule has 7 nitrogen and oxygen atoms in total. The first-order chi connectivity index (χ1) is 13.6. The summed E-state index contributed by atoms with van der Waals surface area (Å²) in [6.07, 6.45) is 3.36. The van der Waals surface area contributed by atoms with Crippen molar-refractivity contribution in [2.24, 2.45) is 0 Å². The molecule has 3 aromatic rings. The van der Waals surface area contributed by atoms with E-state index in [0.717, 1.165) is 18.4 Å². The van der Waals surface area contributed by atoms with E-state index in [0.29, 0.717) is 34.4 Å². The molecule has 7 heteroatoms. The van der Waals surface area contributed by atoms with Crippen LogP contribution in [0.15, 0.2) is 53.1 Å². The minimum absolute atomic E-state index is 0.268. The number of carbonyl (C=O) groups is 2. The molecule has 0 aliphatic heterocycles. The van der Waals surface area contributed by atoms with Gasteiger partial charge in [0.05, 0.1) is 12.7 Å². The highest BCUT2D eigenvalue weighted by molar-refractivity contribution is 6.05. The Morgan fingerprint density at radius 2 is 1.89 bits per heavy atom. The van der Waals surface area contributed by atoms with E-state index in [1.54, 1.807) is 42.5 Å². The number of nitrogens with one attached hydrogen (secondary N) is 1. The van der Waals surface area contributed by atoms with E-state index in [1.807, 2.05) is 6.07 Å². The second kappa shape index (κ2) is 7.64. The lowest BCUT2D eigenvalue weighted by Crippen LogP contribution is -2.12. The van der Waals surface area contributed by atoms with Crippen LogP contribution in [0.25, 0.3) is 11.4 Å². The number of carbonyl (C=O) groups excluding carboxylic acids is 2. The molecule has 1 aromatic heterocycles. The van der Waals surface area contributed by atoms with Gasteiger partial charge in [-0.25, -0.2) is 4.79 Å². The van der Waals surface area contributed by atoms with Crippen LogP contribution in [-0.2, 0) is 4.74 Å². The first-order valence-electron chi connectivity index (χ1n) is 9.08. The number of aromatic nitrogens is 2. The number of anilines is 1. The van der Waals surface area contributed by atoms with Crippen LogP contribution in [0.1, 0.15) is 51.8 Å². The molecule has 0 radical (unpaired) electrons. The highest BCUT2D eigenvalue weighted by atomic mass is 16.5. The molecule has 1 fully saturated rings. The molecular weight excluding hydrogens is 358 g/mol. The number of amides is 1. The summed E-state index contributed by atoms with van der Waals surface area (Å²) < 4.78 is 10.0. The topological polar surface area (TPSA) is 94.3 Å². The van der Waals surface area contributed by atoms with Gasteiger partial charge in [-0.05, 0) is 49.2 Å². The fourth-order valence-corrected chi connectivity index (χ4v) is 2.98. The third kappa shape index (κ3) is 3.64. The molecule has 1 N–H and O–H groups in total. The predicted molar refractivity (Wildman–Crippen MR) is 102 cm³/mol. The highest BCUT2D eigenvalue weighted by Crippen LogP contribution is 2.36. The quantitative estimate of drug-likeness (QED) is 0.674. The number of esters is 1. The van der Waals surface area contributed by atoms with E-state index in [9.17, 15) is 9.59 Å². The Bertz CT molecular complexity index is 1010. The van der Waals surface area contributed by atoms with Gasteiger partial charge < -0.3 is 14.6 Å². The number of ether oxygens (including phenoxy) is 1. The standard InChI is InChI=1S/C21H19N3O4/c1-27-21(26)14-8-10-17(11-9-14)22-19(25)16-7-3-6-15(12-16)18-23-20(28-24-18)13-4-2-5-13/h3,6-13H,2,4-5H2,1H3,(H,22,25). The Morgan fingerprint density at radius 3 is 2.57 bits per heavy atom. The van der Waals surface area contributed by atoms with Crippen molar-refractivity contribution in [3.63, 3.8) is 0 Å². The van der Waals surface area contributed by atoms with Crippen LogP contribution in [0.5, 0.6) is 0 Å². The van der Waals surface area contributed by atoms with Gasteiger partial charge in [0, 0.05) is 22.7 Å². The van der Waals surface area contributed by atoms with E-state index in [4.69, 9.17) is 4.52 Å². The van der Waals surface area contributed by atoms with Crippen molar-refractivity contribution in [2.45, 2.75) is 25.2 Å². The molecule has 4 rings (SSSR count). The van der Waals surface area contributed by atoms with E-state index in [-0.39, 0.29) is 5.91 Å². The van der Waals surface area contributed by atoms with Crippen molar-refractivity contribution in [2.75, 3.05) is 12.4 Å². The van der Waals surface area contributed by atoms with Crippen LogP contribution in [0.4, 0.5) is 5.69 Å². The van der Waals surface area contributed by atoms with Gasteiger partial charge in [-0.2, -0.15) is 4.98 Å². The smallest absolute Gasteiger partial charge is 0.337 e. The van der Waals surface area contributed by atoms with Gasteiger partial charge >= 0.3 is 5.97 Å². The molecule has 1 saturated carbocycles. The predicted octanol–water partition coefficient (Wildman–Crippen LogP) is 4.04. The summed E-state index contributed by atoms with van der Waals surface area (Å²) in [6.45, 7) is 0. The van der Waals surface area contributed by atoms with Crippen LogP contribution in [0.3, 0.4) is 0 Å². The molecule has 1 aliphatic carbocycles. The van der Waals surface area contributed by atoms with Crippen LogP contribution in [-0.4, -0.2) is 29.1 Å². The van der Waals surface area contributed by atoms with Crippen molar-refractivity contribution in [3.05, 3.63) is 65.5 Å². The zero-order valence-corrected chi connectivity index (χ0v) is 15.3. The maximum Gasteiger partial charge on any atom is 0.337 e. The summed E-state index contributed by atoms with van der Waals surface area (Å²) in [5.41, 5.74) is 2.20. The summed E-state index contributed by atoms with van der Waals surface area (Å²) >= 11 is 0. The van der Waals surface area contributed by atoms with E-state index >= 15 is 0 Å². The van der Waals surface area contributed by atoms with Gasteiger partial charge in [-0.1, -0.05) is 23.7 Å². The van der Waals surface area contributed by atoms with Gasteiger partial charge in [0.2, 0.25) is 11.7 Å². The Morgan fingerprint density at radius 1 is 1.11 bits per heavy atom. The molecule has 2 aromatic carbocycles. The third-order valence-corrected chi connectivity index (χ3v) is 4.84. The minimum atomic E-state index is -0.424. The molecule has 1 heterocycles. The highest BCUT2D eigenvalue weighted by Gasteiger charge is 2.25. The number of hydrogen-bond donors (Lipinski definition) is 1. The van der Waals surface area contributed by atoms with E-state index < -0.39 is 5.97 Å². The lowest BCUT2D eigenvalue weighted by atomic mass is 9.85. The molecule has 0 unspecified atom stereocenters. The first kappa shape index (κ1) is 17.9. The third-order valence-electron chi connectivity index (χ3n) is 4.84. The largest absolute Gasteiger partial charge is 0.465 e. The van der Waals surface area contributed by atoms with Crippen molar-refractivity contribution in [1.82, 2.24) is 10.1 Å².